The Balaban J connectivity index is 1.63. The molecule has 8 heteroatoms. The van der Waals surface area contributed by atoms with Gasteiger partial charge in [0.25, 0.3) is 0 Å². The molecule has 0 amide bonds. The van der Waals surface area contributed by atoms with E-state index in [0.717, 1.165) is 34.6 Å². The minimum Gasteiger partial charge on any atom is -0.487 e. The van der Waals surface area contributed by atoms with Crippen LogP contribution in [-0.4, -0.2) is 6.21 Å². The van der Waals surface area contributed by atoms with Crippen LogP contribution >= 0.6 is 80.0 Å². The van der Waals surface area contributed by atoms with Crippen LogP contribution in [0.3, 0.4) is 0 Å². The van der Waals surface area contributed by atoms with Crippen molar-refractivity contribution < 1.29 is 4.74 Å². The van der Waals surface area contributed by atoms with Crippen molar-refractivity contribution in [2.45, 2.75) is 13.2 Å². The van der Waals surface area contributed by atoms with Crippen molar-refractivity contribution in [2.24, 2.45) is 5.10 Å². The van der Waals surface area contributed by atoms with Crippen molar-refractivity contribution in [3.63, 3.8) is 0 Å². The smallest absolute Gasteiger partial charge is 0.146 e. The second-order valence-corrected chi connectivity index (χ2v) is 9.60. The number of hydrogen-bond acceptors (Lipinski definition) is 3. The molecule has 3 aromatic rings. The maximum atomic E-state index is 6.22. The molecule has 0 spiro atoms. The SMILES string of the molecule is Clc1ccc(COc2c(I)cc(/C=N\NCc3ccccc3Cl)cc2I)c(Cl)c1. The van der Waals surface area contributed by atoms with E-state index in [2.05, 4.69) is 55.7 Å². The predicted molar refractivity (Wildman–Crippen MR) is 139 cm³/mol. The lowest BCUT2D eigenvalue weighted by Crippen LogP contribution is -2.06. The number of nitrogens with one attached hydrogen (secondary N) is 1. The lowest BCUT2D eigenvalue weighted by Gasteiger charge is -2.12. The summed E-state index contributed by atoms with van der Waals surface area (Å²) in [6.07, 6.45) is 1.78. The summed E-state index contributed by atoms with van der Waals surface area (Å²) in [5.74, 6) is 0.818. The summed E-state index contributed by atoms with van der Waals surface area (Å²) in [6, 6.07) is 17.1. The van der Waals surface area contributed by atoms with E-state index in [1.54, 1.807) is 18.3 Å². The van der Waals surface area contributed by atoms with Gasteiger partial charge in [-0.1, -0.05) is 59.1 Å². The molecule has 0 aliphatic carbocycles. The quantitative estimate of drug-likeness (QED) is 0.160. The minimum atomic E-state index is 0.370. The van der Waals surface area contributed by atoms with Gasteiger partial charge >= 0.3 is 0 Å². The Hall–Kier alpha value is -0.740. The van der Waals surface area contributed by atoms with Gasteiger partial charge in [-0.25, -0.2) is 0 Å². The van der Waals surface area contributed by atoms with E-state index in [9.17, 15) is 0 Å². The predicted octanol–water partition coefficient (Wildman–Crippen LogP) is 7.56. The molecule has 0 aromatic heterocycles. The molecule has 0 fully saturated rings. The number of hydrazone groups is 1. The first-order chi connectivity index (χ1) is 13.9. The molecule has 0 bridgehead atoms. The Bertz CT molecular complexity index is 1020. The molecule has 0 heterocycles. The van der Waals surface area contributed by atoms with Crippen molar-refractivity contribution in [1.82, 2.24) is 5.43 Å². The van der Waals surface area contributed by atoms with Gasteiger partial charge in [-0.05, 0) is 86.6 Å². The number of hydrogen-bond donors (Lipinski definition) is 1. The Morgan fingerprint density at radius 3 is 2.31 bits per heavy atom. The average Bonchev–Trinajstić information content (AvgIpc) is 2.67. The van der Waals surface area contributed by atoms with Crippen LogP contribution in [0.2, 0.25) is 15.1 Å². The zero-order valence-electron chi connectivity index (χ0n) is 14.9. The van der Waals surface area contributed by atoms with E-state index in [4.69, 9.17) is 39.5 Å². The summed E-state index contributed by atoms with van der Waals surface area (Å²) in [6.45, 7) is 0.933. The molecule has 0 unspecified atom stereocenters. The minimum absolute atomic E-state index is 0.370. The van der Waals surface area contributed by atoms with Crippen LogP contribution in [0.5, 0.6) is 5.75 Å². The van der Waals surface area contributed by atoms with Crippen LogP contribution in [0, 0.1) is 7.14 Å². The van der Waals surface area contributed by atoms with Crippen LogP contribution in [0.15, 0.2) is 59.7 Å². The molecule has 0 radical (unpaired) electrons. The summed E-state index contributed by atoms with van der Waals surface area (Å²) < 4.78 is 7.99. The molecule has 0 aliphatic heterocycles. The van der Waals surface area contributed by atoms with Crippen molar-refractivity contribution >= 4 is 86.2 Å². The van der Waals surface area contributed by atoms with Crippen molar-refractivity contribution in [3.8, 4) is 5.75 Å². The number of rotatable bonds is 7. The van der Waals surface area contributed by atoms with Crippen LogP contribution in [0.1, 0.15) is 16.7 Å². The Morgan fingerprint density at radius 2 is 1.62 bits per heavy atom. The third kappa shape index (κ3) is 6.62. The van der Waals surface area contributed by atoms with Crippen LogP contribution in [0.25, 0.3) is 0 Å². The van der Waals surface area contributed by atoms with E-state index in [1.807, 2.05) is 42.5 Å². The lowest BCUT2D eigenvalue weighted by atomic mass is 10.2. The van der Waals surface area contributed by atoms with E-state index < -0.39 is 0 Å². The molecule has 3 nitrogen and oxygen atoms in total. The van der Waals surface area contributed by atoms with Crippen LogP contribution < -0.4 is 10.2 Å². The molecule has 3 rings (SSSR count). The standard InChI is InChI=1S/C21H15Cl3I2N2O/c22-16-6-5-15(18(24)9-16)12-29-21-19(25)7-13(8-20(21)26)10-27-28-11-14-3-1-2-4-17(14)23/h1-10,28H,11-12H2/b27-10-. The zero-order chi connectivity index (χ0) is 20.8. The summed E-state index contributed by atoms with van der Waals surface area (Å²) in [4.78, 5) is 0. The largest absolute Gasteiger partial charge is 0.487 e. The highest BCUT2D eigenvalue weighted by atomic mass is 127. The van der Waals surface area contributed by atoms with Crippen molar-refractivity contribution in [1.29, 1.82) is 0 Å². The molecular formula is C21H15Cl3I2N2O. The first kappa shape index (κ1) is 22.9. The maximum Gasteiger partial charge on any atom is 0.146 e. The summed E-state index contributed by atoms with van der Waals surface area (Å²) in [7, 11) is 0. The van der Waals surface area contributed by atoms with Crippen LogP contribution in [0.4, 0.5) is 0 Å². The summed E-state index contributed by atoms with van der Waals surface area (Å²) in [5, 5.41) is 6.22. The van der Waals surface area contributed by atoms with Crippen molar-refractivity contribution in [2.75, 3.05) is 0 Å². The van der Waals surface area contributed by atoms with Gasteiger partial charge in [0.1, 0.15) is 12.4 Å². The molecule has 1 N–H and O–H groups in total. The fourth-order valence-electron chi connectivity index (χ4n) is 2.47. The third-order valence-corrected chi connectivity index (χ3v) is 6.50. The molecule has 0 aliphatic rings. The van der Waals surface area contributed by atoms with Gasteiger partial charge in [-0.3, -0.25) is 0 Å². The first-order valence-electron chi connectivity index (χ1n) is 8.49. The van der Waals surface area contributed by atoms with Gasteiger partial charge in [0, 0.05) is 20.6 Å². The van der Waals surface area contributed by atoms with Crippen molar-refractivity contribution in [3.05, 3.63) is 93.5 Å². The Morgan fingerprint density at radius 1 is 0.897 bits per heavy atom. The highest BCUT2D eigenvalue weighted by molar-refractivity contribution is 14.1. The second kappa shape index (κ2) is 11.0. The second-order valence-electron chi connectivity index (χ2n) is 6.02. The summed E-state index contributed by atoms with van der Waals surface area (Å²) in [5.41, 5.74) is 5.89. The van der Waals surface area contributed by atoms with E-state index >= 15 is 0 Å². The van der Waals surface area contributed by atoms with Gasteiger partial charge in [0.05, 0.1) is 19.9 Å². The third-order valence-electron chi connectivity index (χ3n) is 3.94. The topological polar surface area (TPSA) is 33.6 Å². The molecular weight excluding hydrogens is 656 g/mol. The molecule has 29 heavy (non-hydrogen) atoms. The highest BCUT2D eigenvalue weighted by Crippen LogP contribution is 2.30. The van der Waals surface area contributed by atoms with Gasteiger partial charge in [0.15, 0.2) is 0 Å². The Labute approximate surface area is 212 Å². The molecule has 0 saturated carbocycles. The fourth-order valence-corrected chi connectivity index (χ4v) is 5.27. The maximum absolute atomic E-state index is 6.22. The molecule has 3 aromatic carbocycles. The number of ether oxygens (including phenoxy) is 1. The summed E-state index contributed by atoms with van der Waals surface area (Å²) >= 11 is 22.8. The number of nitrogens with zero attached hydrogens (tertiary/aromatic N) is 1. The monoisotopic (exact) mass is 670 g/mol. The van der Waals surface area contributed by atoms with E-state index in [1.165, 1.54) is 0 Å². The lowest BCUT2D eigenvalue weighted by molar-refractivity contribution is 0.302. The van der Waals surface area contributed by atoms with Crippen LogP contribution in [-0.2, 0) is 13.2 Å². The molecule has 0 saturated heterocycles. The number of benzene rings is 3. The van der Waals surface area contributed by atoms with Gasteiger partial charge in [-0.2, -0.15) is 5.10 Å². The van der Waals surface area contributed by atoms with Gasteiger partial charge < -0.3 is 10.2 Å². The van der Waals surface area contributed by atoms with E-state index in [0.29, 0.717) is 23.2 Å². The first-order valence-corrected chi connectivity index (χ1v) is 11.8. The Kier molecular flexibility index (Phi) is 8.73. The average molecular weight is 672 g/mol. The highest BCUT2D eigenvalue weighted by Gasteiger charge is 2.10. The zero-order valence-corrected chi connectivity index (χ0v) is 21.5. The normalized spacial score (nSPS) is 11.1. The van der Waals surface area contributed by atoms with Gasteiger partial charge in [0.2, 0.25) is 0 Å². The van der Waals surface area contributed by atoms with Gasteiger partial charge in [-0.15, -0.1) is 0 Å². The fraction of sp³-hybridized carbons (Fsp3) is 0.0952. The van der Waals surface area contributed by atoms with E-state index in [-0.39, 0.29) is 0 Å². The molecule has 0 atom stereocenters. The number of halogens is 5. The molecule has 150 valence electrons.